The molecule has 1 aliphatic rings. The lowest BCUT2D eigenvalue weighted by Crippen LogP contribution is -2.44. The van der Waals surface area contributed by atoms with Gasteiger partial charge in [0.1, 0.15) is 0 Å². The summed E-state index contributed by atoms with van der Waals surface area (Å²) >= 11 is 0. The first-order chi connectivity index (χ1) is 10.6. The van der Waals surface area contributed by atoms with Crippen LogP contribution in [0.2, 0.25) is 0 Å². The van der Waals surface area contributed by atoms with Gasteiger partial charge in [-0.1, -0.05) is 12.2 Å². The predicted octanol–water partition coefficient (Wildman–Crippen LogP) is 2.60. The minimum absolute atomic E-state index is 0.0122. The monoisotopic (exact) mass is 305 g/mol. The van der Waals surface area contributed by atoms with Crippen LogP contribution in [0.25, 0.3) is 6.08 Å². The molecule has 1 aromatic rings. The van der Waals surface area contributed by atoms with E-state index in [0.29, 0.717) is 36.8 Å². The first-order valence-electron chi connectivity index (χ1n) is 7.40. The Labute approximate surface area is 131 Å². The molecular formula is C17H23NO4. The Morgan fingerprint density at radius 2 is 2.14 bits per heavy atom. The highest BCUT2D eigenvalue weighted by Gasteiger charge is 2.24. The number of morpholine rings is 1. The molecule has 0 saturated carbocycles. The van der Waals surface area contributed by atoms with E-state index >= 15 is 0 Å². The van der Waals surface area contributed by atoms with Gasteiger partial charge >= 0.3 is 0 Å². The molecule has 5 nitrogen and oxygen atoms in total. The smallest absolute Gasteiger partial charge is 0.254 e. The number of nitrogens with zero attached hydrogens (tertiary/aromatic N) is 1. The lowest BCUT2D eigenvalue weighted by Gasteiger charge is -2.31. The zero-order chi connectivity index (χ0) is 16.1. The van der Waals surface area contributed by atoms with Crippen molar-refractivity contribution in [3.05, 3.63) is 29.3 Å². The zero-order valence-corrected chi connectivity index (χ0v) is 13.6. The number of amides is 1. The van der Waals surface area contributed by atoms with Crippen LogP contribution >= 0.6 is 0 Å². The molecule has 1 aliphatic heterocycles. The maximum absolute atomic E-state index is 12.7. The normalized spacial score (nSPS) is 18.5. The van der Waals surface area contributed by atoms with Gasteiger partial charge in [0.05, 0.1) is 26.9 Å². The second-order valence-electron chi connectivity index (χ2n) is 5.23. The summed E-state index contributed by atoms with van der Waals surface area (Å²) < 4.78 is 16.3. The van der Waals surface area contributed by atoms with Crippen LogP contribution in [0.1, 0.15) is 29.8 Å². The van der Waals surface area contributed by atoms with E-state index in [0.717, 1.165) is 5.56 Å². The molecule has 2 rings (SSSR count). The second kappa shape index (κ2) is 7.31. The molecule has 1 fully saturated rings. The van der Waals surface area contributed by atoms with E-state index in [4.69, 9.17) is 14.2 Å². The van der Waals surface area contributed by atoms with Gasteiger partial charge in [-0.25, -0.2) is 0 Å². The molecule has 1 atom stereocenters. The summed E-state index contributed by atoms with van der Waals surface area (Å²) in [6, 6.07) is 3.57. The van der Waals surface area contributed by atoms with Crippen molar-refractivity contribution < 1.29 is 19.0 Å². The Morgan fingerprint density at radius 3 is 2.73 bits per heavy atom. The molecular weight excluding hydrogens is 282 g/mol. The Kier molecular flexibility index (Phi) is 5.44. The van der Waals surface area contributed by atoms with Gasteiger partial charge in [0.2, 0.25) is 0 Å². The molecule has 1 saturated heterocycles. The lowest BCUT2D eigenvalue weighted by atomic mass is 10.1. The SMILES string of the molecule is C/C=C/c1cc(C(=O)N2CCOC(C)C2)cc(OC)c1OC. The van der Waals surface area contributed by atoms with Gasteiger partial charge in [0.25, 0.3) is 5.91 Å². The number of benzene rings is 1. The summed E-state index contributed by atoms with van der Waals surface area (Å²) in [5, 5.41) is 0. The van der Waals surface area contributed by atoms with Crippen LogP contribution in [-0.4, -0.2) is 50.8 Å². The van der Waals surface area contributed by atoms with E-state index in [-0.39, 0.29) is 12.0 Å². The summed E-state index contributed by atoms with van der Waals surface area (Å²) in [5.74, 6) is 1.18. The van der Waals surface area contributed by atoms with Gasteiger partial charge in [-0.15, -0.1) is 0 Å². The topological polar surface area (TPSA) is 48.0 Å². The number of hydrogen-bond donors (Lipinski definition) is 0. The fourth-order valence-corrected chi connectivity index (χ4v) is 2.61. The number of rotatable bonds is 4. The quantitative estimate of drug-likeness (QED) is 0.858. The van der Waals surface area contributed by atoms with E-state index in [2.05, 4.69) is 0 Å². The van der Waals surface area contributed by atoms with E-state index in [9.17, 15) is 4.79 Å². The predicted molar refractivity (Wildman–Crippen MR) is 85.6 cm³/mol. The Bertz CT molecular complexity index is 568. The molecule has 0 radical (unpaired) electrons. The third-order valence-electron chi connectivity index (χ3n) is 3.63. The number of ether oxygens (including phenoxy) is 3. The number of allylic oxidation sites excluding steroid dienone is 1. The molecule has 0 aromatic heterocycles. The summed E-state index contributed by atoms with van der Waals surface area (Å²) in [5.41, 5.74) is 1.42. The standard InChI is InChI=1S/C17H23NO4/c1-5-6-13-9-14(10-15(20-3)16(13)21-4)17(19)18-7-8-22-12(2)11-18/h5-6,9-10,12H,7-8,11H2,1-4H3/b6-5+. The van der Waals surface area contributed by atoms with Crippen molar-refractivity contribution in [3.63, 3.8) is 0 Å². The van der Waals surface area contributed by atoms with Crippen molar-refractivity contribution in [1.29, 1.82) is 0 Å². The second-order valence-corrected chi connectivity index (χ2v) is 5.23. The number of carbonyl (C=O) groups is 1. The first-order valence-corrected chi connectivity index (χ1v) is 7.40. The molecule has 5 heteroatoms. The highest BCUT2D eigenvalue weighted by molar-refractivity contribution is 5.96. The average molecular weight is 305 g/mol. The molecule has 1 unspecified atom stereocenters. The van der Waals surface area contributed by atoms with E-state index in [1.54, 1.807) is 20.3 Å². The molecule has 120 valence electrons. The number of carbonyl (C=O) groups excluding carboxylic acids is 1. The lowest BCUT2D eigenvalue weighted by molar-refractivity contribution is -0.0124. The van der Waals surface area contributed by atoms with Crippen molar-refractivity contribution in [1.82, 2.24) is 4.90 Å². The molecule has 0 spiro atoms. The van der Waals surface area contributed by atoms with Crippen molar-refractivity contribution >= 4 is 12.0 Å². The van der Waals surface area contributed by atoms with Gasteiger partial charge in [0.15, 0.2) is 11.5 Å². The summed E-state index contributed by atoms with van der Waals surface area (Å²) in [4.78, 5) is 14.5. The number of methoxy groups -OCH3 is 2. The largest absolute Gasteiger partial charge is 0.493 e. The van der Waals surface area contributed by atoms with Crippen LogP contribution in [0.5, 0.6) is 11.5 Å². The molecule has 0 bridgehead atoms. The molecule has 1 amide bonds. The zero-order valence-electron chi connectivity index (χ0n) is 13.6. The van der Waals surface area contributed by atoms with Crippen molar-refractivity contribution in [2.24, 2.45) is 0 Å². The van der Waals surface area contributed by atoms with Crippen LogP contribution in [-0.2, 0) is 4.74 Å². The first kappa shape index (κ1) is 16.4. The van der Waals surface area contributed by atoms with E-state index in [1.165, 1.54) is 0 Å². The van der Waals surface area contributed by atoms with Crippen molar-refractivity contribution in [2.45, 2.75) is 20.0 Å². The Morgan fingerprint density at radius 1 is 1.36 bits per heavy atom. The third kappa shape index (κ3) is 3.42. The summed E-state index contributed by atoms with van der Waals surface area (Å²) in [6.07, 6.45) is 3.87. The summed E-state index contributed by atoms with van der Waals surface area (Å²) in [6.45, 7) is 5.67. The van der Waals surface area contributed by atoms with E-state index in [1.807, 2.05) is 37.0 Å². The average Bonchev–Trinajstić information content (AvgIpc) is 2.53. The Balaban J connectivity index is 2.37. The highest BCUT2D eigenvalue weighted by Crippen LogP contribution is 2.34. The molecule has 1 aromatic carbocycles. The van der Waals surface area contributed by atoms with E-state index < -0.39 is 0 Å². The van der Waals surface area contributed by atoms with Gasteiger partial charge in [-0.3, -0.25) is 4.79 Å². The van der Waals surface area contributed by atoms with Crippen LogP contribution < -0.4 is 9.47 Å². The summed E-state index contributed by atoms with van der Waals surface area (Å²) in [7, 11) is 3.17. The van der Waals surface area contributed by atoms with Crippen LogP contribution in [0, 0.1) is 0 Å². The molecule has 1 heterocycles. The maximum Gasteiger partial charge on any atom is 0.254 e. The van der Waals surface area contributed by atoms with Crippen molar-refractivity contribution in [2.75, 3.05) is 33.9 Å². The van der Waals surface area contributed by atoms with Gasteiger partial charge in [-0.2, -0.15) is 0 Å². The van der Waals surface area contributed by atoms with Crippen LogP contribution in [0.3, 0.4) is 0 Å². The van der Waals surface area contributed by atoms with Crippen molar-refractivity contribution in [3.8, 4) is 11.5 Å². The maximum atomic E-state index is 12.7. The van der Waals surface area contributed by atoms with Gasteiger partial charge in [0, 0.05) is 24.2 Å². The van der Waals surface area contributed by atoms with Crippen LogP contribution in [0.4, 0.5) is 0 Å². The minimum Gasteiger partial charge on any atom is -0.493 e. The highest BCUT2D eigenvalue weighted by atomic mass is 16.5. The fourth-order valence-electron chi connectivity index (χ4n) is 2.61. The molecule has 0 N–H and O–H groups in total. The molecule has 22 heavy (non-hydrogen) atoms. The Hall–Kier alpha value is -2.01. The number of hydrogen-bond acceptors (Lipinski definition) is 4. The molecule has 0 aliphatic carbocycles. The third-order valence-corrected chi connectivity index (χ3v) is 3.63. The van der Waals surface area contributed by atoms with Gasteiger partial charge < -0.3 is 19.1 Å². The van der Waals surface area contributed by atoms with Gasteiger partial charge in [-0.05, 0) is 26.0 Å². The fraction of sp³-hybridized carbons (Fsp3) is 0.471. The minimum atomic E-state index is -0.0122. The van der Waals surface area contributed by atoms with Crippen LogP contribution in [0.15, 0.2) is 18.2 Å².